The van der Waals surface area contributed by atoms with Crippen LogP contribution in [0, 0.1) is 5.92 Å². The third-order valence-electron chi connectivity index (χ3n) is 7.41. The number of aliphatic hydroxyl groups excluding tert-OH is 1. The van der Waals surface area contributed by atoms with Crippen LogP contribution in [-0.2, 0) is 16.0 Å². The number of pyridine rings is 1. The molecule has 2 N–H and O–H groups in total. The number of nitrogens with zero attached hydrogens (tertiary/aromatic N) is 2. The summed E-state index contributed by atoms with van der Waals surface area (Å²) in [6.07, 6.45) is 10.5. The number of cyclic esters (lactones) is 1. The zero-order chi connectivity index (χ0) is 26.7. The Balaban J connectivity index is 1.38. The first kappa shape index (κ1) is 26.4. The Hall–Kier alpha value is -3.17. The number of aromatic nitrogens is 3. The summed E-state index contributed by atoms with van der Waals surface area (Å²) in [6.45, 7) is 0. The number of benzene rings is 1. The second kappa shape index (κ2) is 11.3. The molecule has 5 rings (SSSR count). The fourth-order valence-corrected chi connectivity index (χ4v) is 6.49. The summed E-state index contributed by atoms with van der Waals surface area (Å²) in [6, 6.07) is 7.36. The maximum atomic E-state index is 13.4. The first-order valence-electron chi connectivity index (χ1n) is 12.6. The standard InChI is InChI=1S/C28H30ClN3O5S/c1-35-23-13-24(36-2)20(29)12-17(23)9-10-28(19-7-3-4-8-19)14-22(33)25(26(34)37-28)38-27-31-16-21(32-27)18-6-5-11-30-15-18/h5-6,11-13,15-16,19,33H,3-4,7-10,14H2,1-2H3,(H,31,32). The number of imidazole rings is 1. The Kier molecular flexibility index (Phi) is 7.85. The molecule has 0 spiro atoms. The molecule has 0 amide bonds. The van der Waals surface area contributed by atoms with E-state index in [0.29, 0.717) is 34.5 Å². The molecule has 3 heterocycles. The number of aliphatic hydroxyl groups is 1. The molecule has 2 aliphatic rings. The third kappa shape index (κ3) is 5.35. The van der Waals surface area contributed by atoms with Gasteiger partial charge in [0.2, 0.25) is 0 Å². The van der Waals surface area contributed by atoms with Crippen LogP contribution in [0.5, 0.6) is 11.5 Å². The Morgan fingerprint density at radius 3 is 2.68 bits per heavy atom. The van der Waals surface area contributed by atoms with E-state index >= 15 is 0 Å². The van der Waals surface area contributed by atoms with Gasteiger partial charge in [-0.2, -0.15) is 0 Å². The highest BCUT2D eigenvalue weighted by Gasteiger charge is 2.48. The van der Waals surface area contributed by atoms with Crippen LogP contribution >= 0.6 is 23.4 Å². The molecule has 0 bridgehead atoms. The average Bonchev–Trinajstić information content (AvgIpc) is 3.63. The van der Waals surface area contributed by atoms with E-state index in [0.717, 1.165) is 54.3 Å². The number of rotatable bonds is 9. The van der Waals surface area contributed by atoms with Crippen LogP contribution in [0.3, 0.4) is 0 Å². The lowest BCUT2D eigenvalue weighted by atomic mass is 9.77. The van der Waals surface area contributed by atoms with Crippen molar-refractivity contribution in [2.24, 2.45) is 5.92 Å². The number of esters is 1. The van der Waals surface area contributed by atoms with E-state index in [1.165, 1.54) is 0 Å². The zero-order valence-electron chi connectivity index (χ0n) is 21.3. The lowest BCUT2D eigenvalue weighted by Crippen LogP contribution is -2.45. The van der Waals surface area contributed by atoms with Crippen molar-refractivity contribution in [3.05, 3.63) is 64.1 Å². The van der Waals surface area contributed by atoms with Crippen molar-refractivity contribution < 1.29 is 24.1 Å². The molecular weight excluding hydrogens is 526 g/mol. The van der Waals surface area contributed by atoms with Crippen LogP contribution in [0.25, 0.3) is 11.3 Å². The van der Waals surface area contributed by atoms with Crippen molar-refractivity contribution in [3.63, 3.8) is 0 Å². The molecule has 3 aromatic rings. The van der Waals surface area contributed by atoms with Crippen molar-refractivity contribution >= 4 is 29.3 Å². The van der Waals surface area contributed by atoms with Gasteiger partial charge in [0.1, 0.15) is 27.8 Å². The summed E-state index contributed by atoms with van der Waals surface area (Å²) in [5, 5.41) is 12.2. The minimum absolute atomic E-state index is 0.0391. The maximum absolute atomic E-state index is 13.4. The van der Waals surface area contributed by atoms with E-state index < -0.39 is 11.6 Å². The van der Waals surface area contributed by atoms with Crippen molar-refractivity contribution in [1.82, 2.24) is 15.0 Å². The highest BCUT2D eigenvalue weighted by molar-refractivity contribution is 8.03. The van der Waals surface area contributed by atoms with Crippen molar-refractivity contribution in [2.75, 3.05) is 14.2 Å². The number of aryl methyl sites for hydroxylation is 1. The lowest BCUT2D eigenvalue weighted by Gasteiger charge is -2.41. The number of carbonyl (C=O) groups is 1. The number of methoxy groups -OCH3 is 2. The van der Waals surface area contributed by atoms with E-state index in [-0.39, 0.29) is 23.0 Å². The number of H-pyrrole nitrogens is 1. The third-order valence-corrected chi connectivity index (χ3v) is 8.71. The number of hydrogen-bond acceptors (Lipinski definition) is 8. The number of carbonyl (C=O) groups excluding carboxylic acids is 1. The Labute approximate surface area is 230 Å². The van der Waals surface area contributed by atoms with Gasteiger partial charge in [0, 0.05) is 30.4 Å². The second-order valence-corrected chi connectivity index (χ2v) is 11.0. The normalized spacial score (nSPS) is 20.0. The highest BCUT2D eigenvalue weighted by atomic mass is 35.5. The topological polar surface area (TPSA) is 107 Å². The molecule has 38 heavy (non-hydrogen) atoms. The summed E-state index contributed by atoms with van der Waals surface area (Å²) >= 11 is 7.48. The Morgan fingerprint density at radius 1 is 1.21 bits per heavy atom. The van der Waals surface area contributed by atoms with Crippen LogP contribution < -0.4 is 9.47 Å². The molecule has 1 atom stereocenters. The van der Waals surface area contributed by atoms with E-state index in [1.807, 2.05) is 18.2 Å². The number of aromatic amines is 1. The van der Waals surface area contributed by atoms with Crippen LogP contribution in [0.1, 0.15) is 44.1 Å². The molecular formula is C28H30ClN3O5S. The minimum atomic E-state index is -0.802. The molecule has 2 aromatic heterocycles. The van der Waals surface area contributed by atoms with E-state index in [4.69, 9.17) is 25.8 Å². The number of thioether (sulfide) groups is 1. The quantitative estimate of drug-likeness (QED) is 0.288. The van der Waals surface area contributed by atoms with Crippen LogP contribution in [-0.4, -0.2) is 45.8 Å². The van der Waals surface area contributed by atoms with Gasteiger partial charge in [-0.15, -0.1) is 0 Å². The monoisotopic (exact) mass is 555 g/mol. The van der Waals surface area contributed by atoms with Gasteiger partial charge < -0.3 is 24.3 Å². The van der Waals surface area contributed by atoms with E-state index in [1.54, 1.807) is 38.9 Å². The van der Waals surface area contributed by atoms with E-state index in [9.17, 15) is 9.90 Å². The molecule has 1 aliphatic carbocycles. The molecule has 200 valence electrons. The fraction of sp³-hybridized carbons (Fsp3) is 0.393. The van der Waals surface area contributed by atoms with Gasteiger partial charge in [0.15, 0.2) is 5.16 Å². The van der Waals surface area contributed by atoms with Gasteiger partial charge in [-0.3, -0.25) is 4.98 Å². The molecule has 0 radical (unpaired) electrons. The Bertz CT molecular complexity index is 1340. The molecule has 1 aromatic carbocycles. The van der Waals surface area contributed by atoms with Crippen molar-refractivity contribution in [3.8, 4) is 22.8 Å². The molecule has 10 heteroatoms. The second-order valence-electron chi connectivity index (χ2n) is 9.63. The van der Waals surface area contributed by atoms with Crippen molar-refractivity contribution in [1.29, 1.82) is 0 Å². The summed E-state index contributed by atoms with van der Waals surface area (Å²) in [5.41, 5.74) is 1.75. The molecule has 8 nitrogen and oxygen atoms in total. The number of hydrogen-bond donors (Lipinski definition) is 2. The number of ether oxygens (including phenoxy) is 3. The van der Waals surface area contributed by atoms with Gasteiger partial charge in [-0.05, 0) is 67.1 Å². The predicted octanol–water partition coefficient (Wildman–Crippen LogP) is 6.51. The van der Waals surface area contributed by atoms with Gasteiger partial charge in [0.25, 0.3) is 0 Å². The average molecular weight is 556 g/mol. The van der Waals surface area contributed by atoms with Gasteiger partial charge in [-0.25, -0.2) is 9.78 Å². The number of nitrogens with one attached hydrogen (secondary N) is 1. The zero-order valence-corrected chi connectivity index (χ0v) is 22.9. The summed E-state index contributed by atoms with van der Waals surface area (Å²) < 4.78 is 17.1. The minimum Gasteiger partial charge on any atom is -0.511 e. The highest BCUT2D eigenvalue weighted by Crippen LogP contribution is 2.48. The molecule has 1 unspecified atom stereocenters. The number of halogens is 1. The van der Waals surface area contributed by atoms with Gasteiger partial charge in [0.05, 0.1) is 31.1 Å². The smallest absolute Gasteiger partial charge is 0.349 e. The summed E-state index contributed by atoms with van der Waals surface area (Å²) in [5.74, 6) is 0.879. The van der Waals surface area contributed by atoms with Gasteiger partial charge >= 0.3 is 5.97 Å². The van der Waals surface area contributed by atoms with Crippen LogP contribution in [0.15, 0.2) is 58.7 Å². The van der Waals surface area contributed by atoms with Crippen LogP contribution in [0.4, 0.5) is 0 Å². The van der Waals surface area contributed by atoms with Crippen LogP contribution in [0.2, 0.25) is 5.02 Å². The maximum Gasteiger partial charge on any atom is 0.349 e. The molecule has 0 saturated heterocycles. The predicted molar refractivity (Wildman–Crippen MR) is 146 cm³/mol. The van der Waals surface area contributed by atoms with E-state index in [2.05, 4.69) is 15.0 Å². The first-order valence-corrected chi connectivity index (χ1v) is 13.8. The lowest BCUT2D eigenvalue weighted by molar-refractivity contribution is -0.166. The van der Waals surface area contributed by atoms with Gasteiger partial charge in [-0.1, -0.05) is 24.4 Å². The first-order chi connectivity index (χ1) is 18.4. The molecule has 1 fully saturated rings. The molecule has 1 aliphatic heterocycles. The SMILES string of the molecule is COc1cc(OC)c(CCC2(C3CCCC3)CC(O)=C(Sc3ncc(-c4cccnc4)[nH]3)C(=O)O2)cc1Cl. The molecule has 1 saturated carbocycles. The fourth-order valence-electron chi connectivity index (χ4n) is 5.46. The summed E-state index contributed by atoms with van der Waals surface area (Å²) in [4.78, 5) is 25.2. The summed E-state index contributed by atoms with van der Waals surface area (Å²) in [7, 11) is 3.16. The Morgan fingerprint density at radius 2 is 2.00 bits per heavy atom. The van der Waals surface area contributed by atoms with Crippen molar-refractivity contribution in [2.45, 2.75) is 55.7 Å². The largest absolute Gasteiger partial charge is 0.511 e.